The Hall–Kier alpha value is -7.72. The first-order chi connectivity index (χ1) is 39.9. The van der Waals surface area contributed by atoms with E-state index in [1.165, 1.54) is 98.8 Å². The third kappa shape index (κ3) is 15.8. The van der Waals surface area contributed by atoms with Crippen molar-refractivity contribution < 1.29 is 37.3 Å². The minimum absolute atomic E-state index is 0.0719. The largest absolute Gasteiger partial charge is 0.494 e. The smallest absolute Gasteiger partial charge is 0.203 e. The number of carbonyl (C=O) groups is 2. The molecular formula is C55H62F2N16O6S3. The van der Waals surface area contributed by atoms with Crippen molar-refractivity contribution in [2.75, 3.05) is 88.1 Å². The maximum atomic E-state index is 13.7. The van der Waals surface area contributed by atoms with Crippen LogP contribution in [-0.4, -0.2) is 140 Å². The zero-order valence-corrected chi connectivity index (χ0v) is 48.1. The minimum Gasteiger partial charge on any atom is -0.494 e. The van der Waals surface area contributed by atoms with Crippen molar-refractivity contribution in [2.24, 2.45) is 17.8 Å². The summed E-state index contributed by atoms with van der Waals surface area (Å²) in [5.74, 6) is 3.06. The van der Waals surface area contributed by atoms with Crippen LogP contribution in [-0.2, 0) is 51.2 Å². The Morgan fingerprint density at radius 3 is 1.22 bits per heavy atom. The van der Waals surface area contributed by atoms with E-state index in [0.717, 1.165) is 110 Å². The summed E-state index contributed by atoms with van der Waals surface area (Å²) in [6.07, 6.45) is 9.40. The molecule has 0 spiro atoms. The van der Waals surface area contributed by atoms with Crippen molar-refractivity contribution in [3.63, 3.8) is 0 Å². The molecule has 3 fully saturated rings. The van der Waals surface area contributed by atoms with Crippen LogP contribution in [0.25, 0.3) is 0 Å². The molecule has 2 aromatic carbocycles. The number of anilines is 4. The van der Waals surface area contributed by atoms with Crippen molar-refractivity contribution in [2.45, 2.75) is 63.6 Å². The predicted octanol–water partition coefficient (Wildman–Crippen LogP) is 7.07. The fraction of sp³-hybridized carbons (Fsp3) is 0.418. The van der Waals surface area contributed by atoms with E-state index in [2.05, 4.69) is 75.9 Å². The van der Waals surface area contributed by atoms with Crippen LogP contribution >= 0.6 is 34.0 Å². The summed E-state index contributed by atoms with van der Waals surface area (Å²) < 4.78 is 48.2. The molecule has 0 radical (unpaired) electrons. The molecule has 11 rings (SSSR count). The summed E-state index contributed by atoms with van der Waals surface area (Å²) in [5.41, 5.74) is 6.66. The van der Waals surface area contributed by atoms with Crippen molar-refractivity contribution >= 4 is 68.2 Å². The number of hydrogen-bond acceptors (Lipinski definition) is 25. The Balaban J connectivity index is 0.000000154. The predicted molar refractivity (Wildman–Crippen MR) is 305 cm³/mol. The number of carbonyl (C=O) groups excluding carboxylic acids is 2. The van der Waals surface area contributed by atoms with Crippen LogP contribution in [0.2, 0.25) is 0 Å². The molecule has 5 atom stereocenters. The molecule has 430 valence electrons. The average molecular weight is 1180 g/mol. The lowest BCUT2D eigenvalue weighted by molar-refractivity contribution is -0.129. The van der Waals surface area contributed by atoms with E-state index in [1.807, 2.05) is 36.4 Å². The van der Waals surface area contributed by atoms with Gasteiger partial charge < -0.3 is 39.4 Å². The summed E-state index contributed by atoms with van der Waals surface area (Å²) in [4.78, 5) is 32.4. The molecule has 8 aromatic rings. The van der Waals surface area contributed by atoms with Gasteiger partial charge in [-0.25, -0.2) is 8.78 Å². The van der Waals surface area contributed by atoms with Gasteiger partial charge in [0.05, 0.1) is 27.1 Å². The highest BCUT2D eigenvalue weighted by molar-refractivity contribution is 7.15. The van der Waals surface area contributed by atoms with Gasteiger partial charge in [-0.1, -0.05) is 23.5 Å². The molecule has 0 unspecified atom stereocenters. The second kappa shape index (κ2) is 28.8. The minimum atomic E-state index is -0.827. The third-order valence-electron chi connectivity index (χ3n) is 14.1. The lowest BCUT2D eigenvalue weighted by atomic mass is 10.0. The van der Waals surface area contributed by atoms with Crippen LogP contribution in [0.3, 0.4) is 0 Å². The van der Waals surface area contributed by atoms with Gasteiger partial charge in [-0.2, -0.15) is 15.3 Å². The Morgan fingerprint density at radius 2 is 0.890 bits per heavy atom. The number of nitrogens with zero attached hydrogens (tertiary/aromatic N) is 15. The highest BCUT2D eigenvalue weighted by Crippen LogP contribution is 2.32. The second-order valence-electron chi connectivity index (χ2n) is 19.7. The number of nitrogen functional groups attached to an aromatic ring is 1. The maximum Gasteiger partial charge on any atom is 0.203 e. The van der Waals surface area contributed by atoms with Crippen LogP contribution in [0.1, 0.15) is 67.6 Å². The number of benzene rings is 2. The fourth-order valence-electron chi connectivity index (χ4n) is 10.1. The van der Waals surface area contributed by atoms with Gasteiger partial charge in [0.1, 0.15) is 37.2 Å². The Bertz CT molecular complexity index is 3150. The molecule has 0 saturated carbocycles. The van der Waals surface area contributed by atoms with Gasteiger partial charge in [-0.05, 0) is 109 Å². The average Bonchev–Trinajstić information content (AvgIpc) is 4.42. The number of hydrogen-bond donors (Lipinski definition) is 1. The van der Waals surface area contributed by atoms with E-state index < -0.39 is 23.8 Å². The fourth-order valence-corrected chi connectivity index (χ4v) is 12.7. The molecule has 0 bridgehead atoms. The topological polar surface area (TPSA) is 261 Å². The van der Waals surface area contributed by atoms with Crippen molar-refractivity contribution in [1.29, 1.82) is 0 Å². The normalized spacial score (nSPS) is 17.4. The van der Waals surface area contributed by atoms with Gasteiger partial charge in [-0.15, -0.1) is 68.6 Å². The molecule has 82 heavy (non-hydrogen) atoms. The Kier molecular flexibility index (Phi) is 20.7. The third-order valence-corrected chi connectivity index (χ3v) is 16.7. The first-order valence-electron chi connectivity index (χ1n) is 26.5. The molecule has 3 aliphatic heterocycles. The van der Waals surface area contributed by atoms with E-state index in [0.29, 0.717) is 44.0 Å². The lowest BCUT2D eigenvalue weighted by Crippen LogP contribution is -2.21. The molecule has 2 N–H and O–H groups in total. The van der Waals surface area contributed by atoms with Gasteiger partial charge >= 0.3 is 0 Å². The molecule has 3 saturated heterocycles. The molecule has 9 heterocycles. The number of ketones is 2. The van der Waals surface area contributed by atoms with Crippen LogP contribution < -0.4 is 29.9 Å². The summed E-state index contributed by atoms with van der Waals surface area (Å²) in [5, 5.41) is 53.9. The first kappa shape index (κ1) is 58.9. The molecule has 0 aliphatic carbocycles. The zero-order valence-electron chi connectivity index (χ0n) is 45.7. The molecule has 0 amide bonds. The summed E-state index contributed by atoms with van der Waals surface area (Å²) in [6.45, 7) is 5.68. The monoisotopic (exact) mass is 1180 g/mol. The van der Waals surface area contributed by atoms with Crippen molar-refractivity contribution in [3.8, 4) is 11.5 Å². The first-order valence-corrected chi connectivity index (χ1v) is 29.0. The summed E-state index contributed by atoms with van der Waals surface area (Å²) in [6, 6.07) is 20.2. The van der Waals surface area contributed by atoms with E-state index in [-0.39, 0.29) is 35.9 Å². The van der Waals surface area contributed by atoms with E-state index >= 15 is 0 Å². The Morgan fingerprint density at radius 1 is 0.524 bits per heavy atom. The zero-order chi connectivity index (χ0) is 57.4. The number of methoxy groups -OCH3 is 4. The number of aromatic nitrogens is 12. The highest BCUT2D eigenvalue weighted by atomic mass is 32.1. The maximum absolute atomic E-state index is 13.7. The SMILES string of the molecule is COc1cc([C@@H](OC)C(=O)Cc2nnc(C[C@@H]3CCN(c4cccnn4)C3)s2)ccc1F.COc1cc([C@H](OC)C(=O)Cc2nnc(C[C@@H]3CCN(c4cccnn4)C3)s2)ccc1F.Nc1nnc(C[C@@H]2CCN(c3cccnn3)C2)s1. The molecule has 22 nitrogen and oxygen atoms in total. The van der Waals surface area contributed by atoms with Crippen molar-refractivity contribution in [1.82, 2.24) is 61.2 Å². The number of ether oxygens (including phenoxy) is 4. The summed E-state index contributed by atoms with van der Waals surface area (Å²) >= 11 is 4.38. The lowest BCUT2D eigenvalue weighted by Gasteiger charge is -2.16. The van der Waals surface area contributed by atoms with Crippen LogP contribution in [0.4, 0.5) is 31.4 Å². The van der Waals surface area contributed by atoms with Gasteiger partial charge in [0, 0.05) is 91.3 Å². The van der Waals surface area contributed by atoms with E-state index in [1.54, 1.807) is 18.6 Å². The van der Waals surface area contributed by atoms with E-state index in [4.69, 9.17) is 24.7 Å². The molecular weight excluding hydrogens is 1110 g/mol. The number of rotatable bonds is 21. The van der Waals surface area contributed by atoms with Crippen LogP contribution in [0.15, 0.2) is 91.4 Å². The second-order valence-corrected chi connectivity index (χ2v) is 23.1. The number of halogens is 2. The Labute approximate surface area is 484 Å². The van der Waals surface area contributed by atoms with Gasteiger partial charge in [0.25, 0.3) is 0 Å². The quantitative estimate of drug-likeness (QED) is 0.0754. The highest BCUT2D eigenvalue weighted by Gasteiger charge is 2.30. The van der Waals surface area contributed by atoms with E-state index in [9.17, 15) is 18.4 Å². The molecule has 27 heteroatoms. The van der Waals surface area contributed by atoms with Crippen LogP contribution in [0, 0.1) is 29.4 Å². The molecule has 3 aliphatic rings. The standard InChI is InChI=1S/2C22H24FN5O3S.C11H14N6S/c2*1-30-18-11-15(5-6-16(18)23)22(31-2)17(29)12-21-27-26-20(32-21)10-14-7-9-28(13-14)19-4-3-8-24-25-19;12-11-16-15-10(18-11)6-8-3-5-17(7-8)9-2-1-4-13-14-9/h2*3-6,8,11,14,22H,7,9-10,12-13H2,1-2H3;1-2,4,8H,3,5-7H2,(H2,12,16)/t14-,22+;14-,22-;8-/m000/s1. The van der Waals surface area contributed by atoms with Gasteiger partial charge in [-0.3, -0.25) is 9.59 Å². The molecule has 6 aromatic heterocycles. The van der Waals surface area contributed by atoms with Crippen LogP contribution in [0.5, 0.6) is 11.5 Å². The number of nitrogens with two attached hydrogens (primary N) is 1. The van der Waals surface area contributed by atoms with Gasteiger partial charge in [0.15, 0.2) is 52.2 Å². The summed E-state index contributed by atoms with van der Waals surface area (Å²) in [7, 11) is 5.66. The van der Waals surface area contributed by atoms with Gasteiger partial charge in [0.2, 0.25) is 5.13 Å². The van der Waals surface area contributed by atoms with Crippen molar-refractivity contribution in [3.05, 3.63) is 139 Å². The number of Topliss-reactive ketones (excluding diaryl/α,β-unsaturated/α-hetero) is 2.